The number of nitriles is 1. The molecule has 1 aromatic carbocycles. The fourth-order valence-electron chi connectivity index (χ4n) is 2.08. The third kappa shape index (κ3) is 3.82. The topological polar surface area (TPSA) is 44.1 Å². The molecule has 1 atom stereocenters. The molecule has 0 radical (unpaired) electrons. The van der Waals surface area contributed by atoms with Gasteiger partial charge in [0.15, 0.2) is 0 Å². The Morgan fingerprint density at radius 3 is 2.47 bits per heavy atom. The van der Waals surface area contributed by atoms with Crippen LogP contribution >= 0.6 is 0 Å². The first-order chi connectivity index (χ1) is 8.86. The lowest BCUT2D eigenvalue weighted by Gasteiger charge is -2.23. The zero-order valence-corrected chi connectivity index (χ0v) is 12.4. The van der Waals surface area contributed by atoms with Gasteiger partial charge in [-0.2, -0.15) is 5.26 Å². The van der Waals surface area contributed by atoms with E-state index in [4.69, 9.17) is 5.26 Å². The number of hydrogen-bond acceptors (Lipinski definition) is 2. The van der Waals surface area contributed by atoms with Crippen LogP contribution in [0.4, 0.5) is 0 Å². The molecule has 0 saturated carbocycles. The predicted octanol–water partition coefficient (Wildman–Crippen LogP) is 3.06. The van der Waals surface area contributed by atoms with Gasteiger partial charge in [0.2, 0.25) is 5.91 Å². The Morgan fingerprint density at radius 2 is 2.00 bits per heavy atom. The maximum Gasteiger partial charge on any atom is 0.240 e. The highest BCUT2D eigenvalue weighted by molar-refractivity contribution is 5.81. The molecule has 1 rings (SSSR count). The van der Waals surface area contributed by atoms with E-state index in [2.05, 4.69) is 19.1 Å². The Morgan fingerprint density at radius 1 is 1.37 bits per heavy atom. The number of carbonyl (C=O) groups excluding carboxylic acids is 1. The van der Waals surface area contributed by atoms with Gasteiger partial charge in [-0.05, 0) is 30.9 Å². The Labute approximate surface area is 115 Å². The molecule has 0 N–H and O–H groups in total. The number of rotatable bonds is 4. The van der Waals surface area contributed by atoms with E-state index in [1.807, 2.05) is 32.9 Å². The summed E-state index contributed by atoms with van der Waals surface area (Å²) in [6, 6.07) is 8.30. The van der Waals surface area contributed by atoms with Gasteiger partial charge in [-0.25, -0.2) is 0 Å². The number of nitrogens with zero attached hydrogens (tertiary/aromatic N) is 2. The molecular weight excluding hydrogens is 236 g/mol. The number of hydrogen-bond donors (Lipinski definition) is 0. The molecule has 0 aliphatic rings. The molecule has 19 heavy (non-hydrogen) atoms. The van der Waals surface area contributed by atoms with Gasteiger partial charge in [0.1, 0.15) is 5.92 Å². The van der Waals surface area contributed by atoms with Crippen molar-refractivity contribution in [2.24, 2.45) is 11.8 Å². The van der Waals surface area contributed by atoms with Crippen LogP contribution in [0.3, 0.4) is 0 Å². The first-order valence-electron chi connectivity index (χ1n) is 6.57. The van der Waals surface area contributed by atoms with Gasteiger partial charge in [-0.1, -0.05) is 37.6 Å². The molecular formula is C16H22N2O. The van der Waals surface area contributed by atoms with Crippen molar-refractivity contribution in [1.29, 1.82) is 5.26 Å². The second-order valence-corrected chi connectivity index (χ2v) is 5.48. The van der Waals surface area contributed by atoms with E-state index < -0.39 is 5.92 Å². The van der Waals surface area contributed by atoms with Crippen LogP contribution in [0.25, 0.3) is 0 Å². The van der Waals surface area contributed by atoms with Crippen LogP contribution in [0.15, 0.2) is 18.2 Å². The van der Waals surface area contributed by atoms with Crippen molar-refractivity contribution in [1.82, 2.24) is 4.90 Å². The van der Waals surface area contributed by atoms with Crippen molar-refractivity contribution < 1.29 is 4.79 Å². The summed E-state index contributed by atoms with van der Waals surface area (Å²) in [4.78, 5) is 13.8. The Hall–Kier alpha value is -1.82. The number of benzene rings is 1. The van der Waals surface area contributed by atoms with Crippen molar-refractivity contribution in [3.8, 4) is 6.07 Å². The van der Waals surface area contributed by atoms with Gasteiger partial charge < -0.3 is 4.90 Å². The quantitative estimate of drug-likeness (QED) is 0.833. The van der Waals surface area contributed by atoms with Gasteiger partial charge in [-0.3, -0.25) is 4.79 Å². The lowest BCUT2D eigenvalue weighted by molar-refractivity contribution is -0.134. The normalized spacial score (nSPS) is 12.1. The van der Waals surface area contributed by atoms with Gasteiger partial charge >= 0.3 is 0 Å². The molecule has 0 bridgehead atoms. The predicted molar refractivity (Wildman–Crippen MR) is 76.3 cm³/mol. The zero-order chi connectivity index (χ0) is 14.6. The molecule has 1 unspecified atom stereocenters. The highest BCUT2D eigenvalue weighted by Gasteiger charge is 2.25. The fourth-order valence-corrected chi connectivity index (χ4v) is 2.08. The summed E-state index contributed by atoms with van der Waals surface area (Å²) < 4.78 is 0. The average molecular weight is 258 g/mol. The van der Waals surface area contributed by atoms with Crippen molar-refractivity contribution in [2.75, 3.05) is 7.05 Å². The maximum atomic E-state index is 12.2. The van der Waals surface area contributed by atoms with Crippen LogP contribution in [-0.4, -0.2) is 17.9 Å². The number of amides is 1. The van der Waals surface area contributed by atoms with Crippen molar-refractivity contribution in [3.05, 3.63) is 34.9 Å². The Balaban J connectivity index is 2.82. The van der Waals surface area contributed by atoms with E-state index in [9.17, 15) is 4.79 Å². The minimum absolute atomic E-state index is 0.0408. The second-order valence-electron chi connectivity index (χ2n) is 5.48. The van der Waals surface area contributed by atoms with Crippen LogP contribution in [0.1, 0.15) is 30.5 Å². The maximum absolute atomic E-state index is 12.2. The van der Waals surface area contributed by atoms with Crippen LogP contribution in [0.2, 0.25) is 0 Å². The molecule has 0 heterocycles. The molecule has 0 fully saturated rings. The van der Waals surface area contributed by atoms with Crippen molar-refractivity contribution >= 4 is 5.91 Å². The summed E-state index contributed by atoms with van der Waals surface area (Å²) in [7, 11) is 1.76. The smallest absolute Gasteiger partial charge is 0.240 e. The molecule has 0 aliphatic carbocycles. The molecule has 0 saturated heterocycles. The molecule has 1 aromatic rings. The minimum atomic E-state index is -0.559. The number of carbonyl (C=O) groups is 1. The molecule has 3 nitrogen and oxygen atoms in total. The fraction of sp³-hybridized carbons (Fsp3) is 0.500. The van der Waals surface area contributed by atoms with Crippen LogP contribution in [0, 0.1) is 37.0 Å². The molecule has 0 aromatic heterocycles. The third-order valence-corrected chi connectivity index (χ3v) is 3.35. The van der Waals surface area contributed by atoms with Crippen molar-refractivity contribution in [2.45, 2.75) is 34.2 Å². The standard InChI is InChI=1S/C16H22N2O/c1-11(2)15(9-17)16(19)18(5)10-14-7-6-12(3)8-13(14)4/h6-8,11,15H,10H2,1-5H3. The molecule has 1 amide bonds. The monoisotopic (exact) mass is 258 g/mol. The van der Waals surface area contributed by atoms with E-state index in [0.29, 0.717) is 6.54 Å². The van der Waals surface area contributed by atoms with Crippen molar-refractivity contribution in [3.63, 3.8) is 0 Å². The second kappa shape index (κ2) is 6.38. The largest absolute Gasteiger partial charge is 0.340 e. The SMILES string of the molecule is Cc1ccc(CN(C)C(=O)C(C#N)C(C)C)c(C)c1. The van der Waals surface area contributed by atoms with E-state index in [0.717, 1.165) is 5.56 Å². The van der Waals surface area contributed by atoms with E-state index in [1.54, 1.807) is 11.9 Å². The summed E-state index contributed by atoms with van der Waals surface area (Å²) in [6.07, 6.45) is 0. The van der Waals surface area contributed by atoms with E-state index in [1.165, 1.54) is 11.1 Å². The van der Waals surface area contributed by atoms with Crippen LogP contribution in [0.5, 0.6) is 0 Å². The van der Waals surface area contributed by atoms with Crippen LogP contribution in [-0.2, 0) is 11.3 Å². The number of aryl methyl sites for hydroxylation is 2. The molecule has 0 spiro atoms. The first kappa shape index (κ1) is 15.2. The lowest BCUT2D eigenvalue weighted by atomic mass is 9.95. The van der Waals surface area contributed by atoms with Gasteiger partial charge in [0.25, 0.3) is 0 Å². The first-order valence-corrected chi connectivity index (χ1v) is 6.57. The third-order valence-electron chi connectivity index (χ3n) is 3.35. The van der Waals surface area contributed by atoms with Gasteiger partial charge in [0, 0.05) is 13.6 Å². The van der Waals surface area contributed by atoms with E-state index in [-0.39, 0.29) is 11.8 Å². The highest BCUT2D eigenvalue weighted by atomic mass is 16.2. The molecule has 0 aliphatic heterocycles. The van der Waals surface area contributed by atoms with Gasteiger partial charge in [-0.15, -0.1) is 0 Å². The zero-order valence-electron chi connectivity index (χ0n) is 12.4. The average Bonchev–Trinajstić information content (AvgIpc) is 2.32. The summed E-state index contributed by atoms with van der Waals surface area (Å²) in [5.41, 5.74) is 3.52. The Bertz CT molecular complexity index is 500. The Kier molecular flexibility index (Phi) is 5.11. The minimum Gasteiger partial charge on any atom is -0.340 e. The van der Waals surface area contributed by atoms with Gasteiger partial charge in [0.05, 0.1) is 6.07 Å². The molecule has 3 heteroatoms. The summed E-state index contributed by atoms with van der Waals surface area (Å²) in [5.74, 6) is -0.618. The van der Waals surface area contributed by atoms with E-state index >= 15 is 0 Å². The summed E-state index contributed by atoms with van der Waals surface area (Å²) in [5, 5.41) is 9.08. The molecule has 102 valence electrons. The highest BCUT2D eigenvalue weighted by Crippen LogP contribution is 2.17. The lowest BCUT2D eigenvalue weighted by Crippen LogP contribution is -2.34. The summed E-state index contributed by atoms with van der Waals surface area (Å²) in [6.45, 7) is 8.45. The van der Waals surface area contributed by atoms with Crippen LogP contribution < -0.4 is 0 Å². The summed E-state index contributed by atoms with van der Waals surface area (Å²) >= 11 is 0.